The molecular weight excluding hydrogens is 350 g/mol. The van der Waals surface area contributed by atoms with Gasteiger partial charge in [-0.2, -0.15) is 0 Å². The highest BCUT2D eigenvalue weighted by atomic mass is 16.5. The second kappa shape index (κ2) is 8.42. The zero-order chi connectivity index (χ0) is 19.4. The SMILES string of the molecule is O=CC(=O)C=[N+]1CC=C(c2ccc(OC3CCC4(CCCC4)CC3)cc2)CC1. The van der Waals surface area contributed by atoms with E-state index in [1.807, 2.05) is 4.58 Å². The lowest BCUT2D eigenvalue weighted by Crippen LogP contribution is -2.30. The maximum atomic E-state index is 11.2. The van der Waals surface area contributed by atoms with Crippen molar-refractivity contribution in [1.29, 1.82) is 0 Å². The van der Waals surface area contributed by atoms with E-state index in [1.54, 1.807) is 0 Å². The van der Waals surface area contributed by atoms with E-state index in [-0.39, 0.29) is 0 Å². The fourth-order valence-electron chi connectivity index (χ4n) is 5.16. The minimum absolute atomic E-state index is 0.359. The summed E-state index contributed by atoms with van der Waals surface area (Å²) in [6.45, 7) is 1.42. The molecule has 4 heteroatoms. The summed E-state index contributed by atoms with van der Waals surface area (Å²) in [5.41, 5.74) is 3.15. The maximum absolute atomic E-state index is 11.2. The summed E-state index contributed by atoms with van der Waals surface area (Å²) in [5.74, 6) is 0.499. The minimum Gasteiger partial charge on any atom is -0.490 e. The molecule has 3 aliphatic rings. The van der Waals surface area contributed by atoms with Gasteiger partial charge in [-0.1, -0.05) is 25.0 Å². The van der Waals surface area contributed by atoms with Gasteiger partial charge in [0.25, 0.3) is 5.78 Å². The average molecular weight is 381 g/mol. The third kappa shape index (κ3) is 4.43. The zero-order valence-electron chi connectivity index (χ0n) is 16.6. The second-order valence-corrected chi connectivity index (χ2v) is 8.67. The van der Waals surface area contributed by atoms with E-state index in [9.17, 15) is 9.59 Å². The number of hydrogen-bond donors (Lipinski definition) is 0. The highest BCUT2D eigenvalue weighted by molar-refractivity contribution is 6.50. The molecule has 1 spiro atoms. The molecule has 0 radical (unpaired) electrons. The molecular formula is C24H30NO3+. The largest absolute Gasteiger partial charge is 0.490 e. The monoisotopic (exact) mass is 380 g/mol. The fraction of sp³-hybridized carbons (Fsp3) is 0.542. The summed E-state index contributed by atoms with van der Waals surface area (Å²) < 4.78 is 8.16. The molecule has 0 N–H and O–H groups in total. The topological polar surface area (TPSA) is 46.4 Å². The Morgan fingerprint density at radius 3 is 2.39 bits per heavy atom. The van der Waals surface area contributed by atoms with Gasteiger partial charge in [-0.3, -0.25) is 9.59 Å². The molecule has 1 heterocycles. The lowest BCUT2D eigenvalue weighted by atomic mass is 9.72. The molecule has 1 aromatic rings. The fourth-order valence-corrected chi connectivity index (χ4v) is 5.16. The van der Waals surface area contributed by atoms with Crippen molar-refractivity contribution in [2.45, 2.75) is 63.9 Å². The predicted molar refractivity (Wildman–Crippen MR) is 110 cm³/mol. The Morgan fingerprint density at radius 2 is 1.79 bits per heavy atom. The van der Waals surface area contributed by atoms with Crippen LogP contribution in [0.25, 0.3) is 5.57 Å². The number of aldehydes is 1. The number of hydrogen-bond acceptors (Lipinski definition) is 3. The molecule has 4 rings (SSSR count). The average Bonchev–Trinajstić information content (AvgIpc) is 3.19. The van der Waals surface area contributed by atoms with Crippen molar-refractivity contribution in [1.82, 2.24) is 0 Å². The van der Waals surface area contributed by atoms with Crippen LogP contribution in [0.2, 0.25) is 0 Å². The Balaban J connectivity index is 1.31. The van der Waals surface area contributed by atoms with Gasteiger partial charge in [0, 0.05) is 6.42 Å². The van der Waals surface area contributed by atoms with Crippen molar-refractivity contribution in [3.8, 4) is 5.75 Å². The van der Waals surface area contributed by atoms with Crippen LogP contribution in [0.3, 0.4) is 0 Å². The van der Waals surface area contributed by atoms with Gasteiger partial charge in [0.2, 0.25) is 6.21 Å². The third-order valence-electron chi connectivity index (χ3n) is 6.85. The van der Waals surface area contributed by atoms with Crippen LogP contribution in [0.5, 0.6) is 5.75 Å². The van der Waals surface area contributed by atoms with Gasteiger partial charge in [-0.05, 0) is 73.3 Å². The number of Topliss-reactive ketones (excluding diaryl/α,β-unsaturated/α-hetero) is 1. The van der Waals surface area contributed by atoms with Crippen LogP contribution < -0.4 is 4.74 Å². The molecule has 0 atom stereocenters. The Labute approximate surface area is 167 Å². The summed E-state index contributed by atoms with van der Waals surface area (Å²) in [6.07, 6.45) is 15.9. The molecule has 148 valence electrons. The Bertz CT molecular complexity index is 775. The van der Waals surface area contributed by atoms with E-state index < -0.39 is 5.78 Å². The summed E-state index contributed by atoms with van der Waals surface area (Å²) >= 11 is 0. The molecule has 28 heavy (non-hydrogen) atoms. The van der Waals surface area contributed by atoms with Crippen LogP contribution in [0, 0.1) is 5.41 Å². The first-order valence-electron chi connectivity index (χ1n) is 10.7. The van der Waals surface area contributed by atoms with Gasteiger partial charge < -0.3 is 4.74 Å². The van der Waals surface area contributed by atoms with Crippen molar-refractivity contribution < 1.29 is 18.9 Å². The van der Waals surface area contributed by atoms with E-state index in [1.165, 1.54) is 68.7 Å². The molecule has 2 fully saturated rings. The van der Waals surface area contributed by atoms with Crippen LogP contribution in [0.15, 0.2) is 30.3 Å². The Kier molecular flexibility index (Phi) is 5.74. The normalized spacial score (nSPS) is 23.6. The third-order valence-corrected chi connectivity index (χ3v) is 6.85. The standard InChI is InChI=1S/C24H30NO3/c26-18-21(27)17-25-15-9-20(10-16-25)19-3-5-22(6-4-19)28-23-7-13-24(14-8-23)11-1-2-12-24/h3-6,9,17-18,23H,1-2,7-8,10-16H2/q+1. The summed E-state index contributed by atoms with van der Waals surface area (Å²) in [4.78, 5) is 21.7. The van der Waals surface area contributed by atoms with Crippen LogP contribution in [-0.4, -0.2) is 42.1 Å². The second-order valence-electron chi connectivity index (χ2n) is 8.67. The first kappa shape index (κ1) is 19.1. The number of nitrogens with zero attached hydrogens (tertiary/aromatic N) is 1. The number of ketones is 1. The van der Waals surface area contributed by atoms with Crippen LogP contribution >= 0.6 is 0 Å². The number of rotatable bonds is 5. The molecule has 1 aliphatic heterocycles. The van der Waals surface area contributed by atoms with E-state index >= 15 is 0 Å². The van der Waals surface area contributed by atoms with Crippen molar-refractivity contribution in [3.05, 3.63) is 35.9 Å². The van der Waals surface area contributed by atoms with Gasteiger partial charge in [0.15, 0.2) is 12.8 Å². The number of benzene rings is 1. The molecule has 0 unspecified atom stereocenters. The van der Waals surface area contributed by atoms with Crippen molar-refractivity contribution in [2.24, 2.45) is 5.41 Å². The zero-order valence-corrected chi connectivity index (χ0v) is 16.6. The summed E-state index contributed by atoms with van der Waals surface area (Å²) in [5, 5.41) is 0. The van der Waals surface area contributed by atoms with Gasteiger partial charge >= 0.3 is 0 Å². The lowest BCUT2D eigenvalue weighted by Gasteiger charge is -2.37. The highest BCUT2D eigenvalue weighted by Crippen LogP contribution is 2.49. The Morgan fingerprint density at radius 1 is 1.07 bits per heavy atom. The van der Waals surface area contributed by atoms with Gasteiger partial charge in [0.05, 0.1) is 6.10 Å². The molecule has 0 saturated heterocycles. The summed E-state index contributed by atoms with van der Waals surface area (Å²) in [7, 11) is 0. The van der Waals surface area contributed by atoms with E-state index in [0.717, 1.165) is 18.7 Å². The lowest BCUT2D eigenvalue weighted by molar-refractivity contribution is -0.513. The van der Waals surface area contributed by atoms with Crippen molar-refractivity contribution >= 4 is 23.9 Å². The summed E-state index contributed by atoms with van der Waals surface area (Å²) in [6, 6.07) is 8.45. The van der Waals surface area contributed by atoms with E-state index in [2.05, 4.69) is 30.3 Å². The van der Waals surface area contributed by atoms with E-state index in [0.29, 0.717) is 24.3 Å². The predicted octanol–water partition coefficient (Wildman–Crippen LogP) is 4.21. The highest BCUT2D eigenvalue weighted by Gasteiger charge is 2.38. The number of ether oxygens (including phenoxy) is 1. The molecule has 0 bridgehead atoms. The molecule has 0 amide bonds. The minimum atomic E-state index is -0.472. The van der Waals surface area contributed by atoms with Crippen LogP contribution in [0.1, 0.15) is 63.4 Å². The quantitative estimate of drug-likeness (QED) is 0.437. The molecule has 2 saturated carbocycles. The molecule has 2 aliphatic carbocycles. The van der Waals surface area contributed by atoms with Gasteiger partial charge in [-0.25, -0.2) is 4.58 Å². The van der Waals surface area contributed by atoms with Crippen LogP contribution in [0.4, 0.5) is 0 Å². The first-order chi connectivity index (χ1) is 13.7. The van der Waals surface area contributed by atoms with Gasteiger partial charge in [-0.15, -0.1) is 0 Å². The first-order valence-corrected chi connectivity index (χ1v) is 10.7. The number of carbonyl (C=O) groups excluding carboxylic acids is 2. The van der Waals surface area contributed by atoms with Crippen molar-refractivity contribution in [3.63, 3.8) is 0 Å². The van der Waals surface area contributed by atoms with Gasteiger partial charge in [0.1, 0.15) is 12.3 Å². The Hall–Kier alpha value is -2.23. The number of carbonyl (C=O) groups is 2. The molecule has 0 aromatic heterocycles. The smallest absolute Gasteiger partial charge is 0.280 e. The maximum Gasteiger partial charge on any atom is 0.280 e. The van der Waals surface area contributed by atoms with Crippen molar-refractivity contribution in [2.75, 3.05) is 13.1 Å². The molecule has 4 nitrogen and oxygen atoms in total. The van der Waals surface area contributed by atoms with Crippen LogP contribution in [-0.2, 0) is 9.59 Å². The van der Waals surface area contributed by atoms with E-state index in [4.69, 9.17) is 4.74 Å². The molecule has 1 aromatic carbocycles.